The highest BCUT2D eigenvalue weighted by Crippen LogP contribution is 2.69. The molecule has 1 aromatic rings. The molecule has 2 fully saturated rings. The summed E-state index contributed by atoms with van der Waals surface area (Å²) in [5.41, 5.74) is -1.67. The van der Waals surface area contributed by atoms with Crippen molar-refractivity contribution in [1.82, 2.24) is 0 Å². The summed E-state index contributed by atoms with van der Waals surface area (Å²) in [6.07, 6.45) is 1.11. The summed E-state index contributed by atoms with van der Waals surface area (Å²) in [5, 5.41) is 15.4. The Morgan fingerprint density at radius 3 is 2.48 bits per heavy atom. The number of fused-ring (bicyclic) bond motifs is 2. The van der Waals surface area contributed by atoms with Gasteiger partial charge in [0.05, 0.1) is 5.69 Å². The van der Waals surface area contributed by atoms with Crippen LogP contribution in [0.25, 0.3) is 0 Å². The number of halogens is 1. The normalized spacial score (nSPS) is 33.2. The fourth-order valence-corrected chi connectivity index (χ4v) is 4.63. The van der Waals surface area contributed by atoms with E-state index in [4.69, 9.17) is 0 Å². The van der Waals surface area contributed by atoms with Crippen LogP contribution in [-0.2, 0) is 9.59 Å². The molecule has 0 saturated heterocycles. The maximum absolute atomic E-state index is 13.1. The van der Waals surface area contributed by atoms with E-state index in [1.54, 1.807) is 6.07 Å². The maximum Gasteiger partial charge on any atom is 0.239 e. The minimum absolute atomic E-state index is 0.121. The van der Waals surface area contributed by atoms with E-state index < -0.39 is 16.2 Å². The van der Waals surface area contributed by atoms with Gasteiger partial charge in [-0.25, -0.2) is 0 Å². The van der Waals surface area contributed by atoms with Crippen molar-refractivity contribution in [2.75, 3.05) is 5.32 Å². The van der Waals surface area contributed by atoms with Crippen LogP contribution in [0.4, 0.5) is 5.69 Å². The zero-order valence-electron chi connectivity index (χ0n) is 13.3. The highest BCUT2D eigenvalue weighted by molar-refractivity contribution is 9.10. The predicted octanol–water partition coefficient (Wildman–Crippen LogP) is 3.61. The maximum atomic E-state index is 13.1. The summed E-state index contributed by atoms with van der Waals surface area (Å²) >= 11 is 3.40. The molecule has 5 nitrogen and oxygen atoms in total. The van der Waals surface area contributed by atoms with Gasteiger partial charge in [-0.2, -0.15) is 0 Å². The van der Waals surface area contributed by atoms with Gasteiger partial charge >= 0.3 is 0 Å². The van der Waals surface area contributed by atoms with Gasteiger partial charge in [0.2, 0.25) is 5.91 Å². The van der Waals surface area contributed by atoms with E-state index in [0.717, 1.165) is 4.47 Å². The quantitative estimate of drug-likeness (QED) is 0.468. The molecular formula is C17H19BrN2O3. The average molecular weight is 379 g/mol. The molecule has 0 heterocycles. The van der Waals surface area contributed by atoms with Gasteiger partial charge in [0.25, 0.3) is 0 Å². The highest BCUT2D eigenvalue weighted by Gasteiger charge is 2.76. The van der Waals surface area contributed by atoms with E-state index in [-0.39, 0.29) is 17.4 Å². The standard InChI is InChI=1S/C17H19BrN2O3/c1-15(2)16(3)8-9-17(15,13(21)12(16)20-23)14(22)19-11-7-5-4-6-10(11)18/h4-7,23H,8-9H2,1-3H3,(H,19,22). The molecule has 2 N–H and O–H groups in total. The zero-order valence-corrected chi connectivity index (χ0v) is 14.9. The Labute approximate surface area is 143 Å². The minimum Gasteiger partial charge on any atom is -0.411 e. The van der Waals surface area contributed by atoms with Gasteiger partial charge < -0.3 is 10.5 Å². The highest BCUT2D eigenvalue weighted by atomic mass is 79.9. The average Bonchev–Trinajstić information content (AvgIpc) is 2.77. The number of nitrogens with zero attached hydrogens (tertiary/aromatic N) is 1. The molecule has 0 aromatic heterocycles. The van der Waals surface area contributed by atoms with Crippen LogP contribution >= 0.6 is 15.9 Å². The van der Waals surface area contributed by atoms with Gasteiger partial charge in [-0.15, -0.1) is 0 Å². The number of oxime groups is 1. The number of hydrogen-bond acceptors (Lipinski definition) is 4. The van der Waals surface area contributed by atoms with Gasteiger partial charge in [0, 0.05) is 9.89 Å². The number of Topliss-reactive ketones (excluding diaryl/α,β-unsaturated/α-hetero) is 1. The van der Waals surface area contributed by atoms with Crippen LogP contribution in [0, 0.1) is 16.2 Å². The van der Waals surface area contributed by atoms with Crippen molar-refractivity contribution in [2.24, 2.45) is 21.4 Å². The summed E-state index contributed by atoms with van der Waals surface area (Å²) in [5.74, 6) is -0.690. The summed E-state index contributed by atoms with van der Waals surface area (Å²) < 4.78 is 0.754. The molecule has 1 aromatic carbocycles. The minimum atomic E-state index is -1.20. The van der Waals surface area contributed by atoms with Gasteiger partial charge in [0.15, 0.2) is 5.78 Å². The Morgan fingerprint density at radius 2 is 1.91 bits per heavy atom. The first-order chi connectivity index (χ1) is 10.7. The monoisotopic (exact) mass is 378 g/mol. The van der Waals surface area contributed by atoms with E-state index >= 15 is 0 Å². The van der Waals surface area contributed by atoms with Crippen molar-refractivity contribution >= 4 is 39.0 Å². The summed E-state index contributed by atoms with van der Waals surface area (Å²) in [7, 11) is 0. The number of amides is 1. The third-order valence-corrected chi connectivity index (χ3v) is 6.87. The number of rotatable bonds is 2. The van der Waals surface area contributed by atoms with Crippen LogP contribution in [0.1, 0.15) is 33.6 Å². The second-order valence-electron chi connectivity index (χ2n) is 7.07. The van der Waals surface area contributed by atoms with Crippen molar-refractivity contribution in [2.45, 2.75) is 33.6 Å². The molecule has 122 valence electrons. The Kier molecular flexibility index (Phi) is 3.45. The first kappa shape index (κ1) is 16.2. The first-order valence-electron chi connectivity index (χ1n) is 7.56. The van der Waals surface area contributed by atoms with E-state index in [1.807, 2.05) is 39.0 Å². The Hall–Kier alpha value is -1.69. The first-order valence-corrected chi connectivity index (χ1v) is 8.35. The molecule has 23 heavy (non-hydrogen) atoms. The SMILES string of the molecule is CC12CCC(C(=O)Nc3ccccc3Br)(C(=O)C1=NO)C2(C)C. The van der Waals surface area contributed by atoms with E-state index in [2.05, 4.69) is 26.4 Å². The smallest absolute Gasteiger partial charge is 0.239 e. The summed E-state index contributed by atoms with van der Waals surface area (Å²) in [6, 6.07) is 7.28. The number of hydrogen-bond donors (Lipinski definition) is 2. The van der Waals surface area contributed by atoms with Crippen molar-refractivity contribution < 1.29 is 14.8 Å². The summed E-state index contributed by atoms with van der Waals surface area (Å²) in [4.78, 5) is 26.0. The lowest BCUT2D eigenvalue weighted by Crippen LogP contribution is -2.47. The van der Waals surface area contributed by atoms with E-state index in [9.17, 15) is 14.8 Å². The number of ketones is 1. The molecule has 0 spiro atoms. The number of nitrogens with one attached hydrogen (secondary N) is 1. The molecule has 2 aliphatic rings. The Morgan fingerprint density at radius 1 is 1.26 bits per heavy atom. The lowest BCUT2D eigenvalue weighted by molar-refractivity contribution is -0.140. The van der Waals surface area contributed by atoms with E-state index in [1.165, 1.54) is 0 Å². The van der Waals surface area contributed by atoms with E-state index in [0.29, 0.717) is 18.5 Å². The van der Waals surface area contributed by atoms with Crippen LogP contribution < -0.4 is 5.32 Å². The van der Waals surface area contributed by atoms with Gasteiger partial charge in [0.1, 0.15) is 11.1 Å². The number of benzene rings is 1. The van der Waals surface area contributed by atoms with Gasteiger partial charge in [-0.3, -0.25) is 9.59 Å². The molecule has 6 heteroatoms. The molecule has 2 aliphatic carbocycles. The van der Waals surface area contributed by atoms with Crippen LogP contribution in [0.5, 0.6) is 0 Å². The Balaban J connectivity index is 2.06. The number of para-hydroxylation sites is 1. The van der Waals surface area contributed by atoms with Crippen molar-refractivity contribution in [3.8, 4) is 0 Å². The second-order valence-corrected chi connectivity index (χ2v) is 7.93. The van der Waals surface area contributed by atoms with Crippen LogP contribution in [-0.4, -0.2) is 22.6 Å². The van der Waals surface area contributed by atoms with Crippen molar-refractivity contribution in [1.29, 1.82) is 0 Å². The van der Waals surface area contributed by atoms with Crippen LogP contribution in [0.2, 0.25) is 0 Å². The van der Waals surface area contributed by atoms with Gasteiger partial charge in [-0.05, 0) is 46.3 Å². The molecule has 0 radical (unpaired) electrons. The lowest BCUT2D eigenvalue weighted by atomic mass is 9.64. The van der Waals surface area contributed by atoms with Crippen LogP contribution in [0.3, 0.4) is 0 Å². The molecule has 3 rings (SSSR count). The Bertz CT molecular complexity index is 743. The van der Waals surface area contributed by atoms with Gasteiger partial charge in [-0.1, -0.05) is 38.1 Å². The fraction of sp³-hybridized carbons (Fsp3) is 0.471. The lowest BCUT2D eigenvalue weighted by Gasteiger charge is -2.37. The summed E-state index contributed by atoms with van der Waals surface area (Å²) in [6.45, 7) is 5.73. The topological polar surface area (TPSA) is 78.8 Å². The number of carbonyl (C=O) groups is 2. The molecule has 2 atom stereocenters. The van der Waals surface area contributed by atoms with Crippen LogP contribution in [0.15, 0.2) is 33.9 Å². The zero-order chi connectivity index (χ0) is 17.0. The third kappa shape index (κ3) is 1.75. The van der Waals surface area contributed by atoms with Crippen molar-refractivity contribution in [3.05, 3.63) is 28.7 Å². The van der Waals surface area contributed by atoms with Crippen molar-refractivity contribution in [3.63, 3.8) is 0 Å². The molecule has 2 unspecified atom stereocenters. The predicted molar refractivity (Wildman–Crippen MR) is 90.6 cm³/mol. The fourth-order valence-electron chi connectivity index (χ4n) is 4.25. The molecule has 2 bridgehead atoms. The number of anilines is 1. The molecule has 1 amide bonds. The molecule has 0 aliphatic heterocycles. The number of carbonyl (C=O) groups excluding carboxylic acids is 2. The molecule has 2 saturated carbocycles. The third-order valence-electron chi connectivity index (χ3n) is 6.18. The second kappa shape index (κ2) is 4.90. The largest absolute Gasteiger partial charge is 0.411 e. The molecular weight excluding hydrogens is 360 g/mol.